The number of methoxy groups -OCH3 is 1. The van der Waals surface area contributed by atoms with Crippen molar-refractivity contribution in [1.29, 1.82) is 0 Å². The number of phenols is 1. The molecule has 2 N–H and O–H groups in total. The van der Waals surface area contributed by atoms with Crippen LogP contribution in [0.3, 0.4) is 0 Å². The maximum atomic E-state index is 13.3. The largest absolute Gasteiger partial charge is 0.505 e. The van der Waals surface area contributed by atoms with Crippen molar-refractivity contribution in [1.82, 2.24) is 0 Å². The molecule has 4 nitrogen and oxygen atoms in total. The molecule has 5 heteroatoms. The Hall–Kier alpha value is -2.56. The highest BCUT2D eigenvalue weighted by Gasteiger charge is 2.10. The van der Waals surface area contributed by atoms with Gasteiger partial charge in [-0.15, -0.1) is 0 Å². The first kappa shape index (κ1) is 12.9. The molecule has 2 aromatic carbocycles. The highest BCUT2D eigenvalue weighted by atomic mass is 19.1. The molecule has 0 aliphatic carbocycles. The molecule has 0 saturated heterocycles. The summed E-state index contributed by atoms with van der Waals surface area (Å²) in [5.74, 6) is -1.95. The molecule has 0 heterocycles. The average molecular weight is 262 g/mol. The van der Waals surface area contributed by atoms with Crippen LogP contribution in [0.4, 0.5) is 4.39 Å². The van der Waals surface area contributed by atoms with Crippen molar-refractivity contribution >= 4 is 5.97 Å². The van der Waals surface area contributed by atoms with E-state index in [2.05, 4.69) is 0 Å². The van der Waals surface area contributed by atoms with Crippen LogP contribution in [0.15, 0.2) is 36.4 Å². The van der Waals surface area contributed by atoms with Crippen LogP contribution in [0.2, 0.25) is 0 Å². The molecule has 0 aliphatic rings. The number of hydrogen-bond acceptors (Lipinski definition) is 3. The minimum Gasteiger partial charge on any atom is -0.505 e. The standard InChI is InChI=1S/C14H11FO4/c1-19-11-5-9(4-10(6-11)14(17)18)8-2-3-13(16)12(15)7-8/h2-7,16H,1H3,(H,17,18). The summed E-state index contributed by atoms with van der Waals surface area (Å²) in [4.78, 5) is 11.0. The van der Waals surface area contributed by atoms with E-state index in [1.807, 2.05) is 0 Å². The summed E-state index contributed by atoms with van der Waals surface area (Å²) in [5, 5.41) is 18.1. The normalized spacial score (nSPS) is 10.2. The van der Waals surface area contributed by atoms with Crippen LogP contribution < -0.4 is 4.74 Å². The molecule has 0 fully saturated rings. The number of phenolic OH excluding ortho intramolecular Hbond substituents is 1. The van der Waals surface area contributed by atoms with Gasteiger partial charge in [-0.1, -0.05) is 6.07 Å². The Morgan fingerprint density at radius 2 is 1.89 bits per heavy atom. The van der Waals surface area contributed by atoms with Gasteiger partial charge in [-0.2, -0.15) is 0 Å². The first-order chi connectivity index (χ1) is 9.01. The van der Waals surface area contributed by atoms with Gasteiger partial charge in [0.15, 0.2) is 11.6 Å². The van der Waals surface area contributed by atoms with Gasteiger partial charge in [0, 0.05) is 0 Å². The third-order valence-corrected chi connectivity index (χ3v) is 2.67. The lowest BCUT2D eigenvalue weighted by molar-refractivity contribution is 0.0696. The van der Waals surface area contributed by atoms with E-state index >= 15 is 0 Å². The highest BCUT2D eigenvalue weighted by Crippen LogP contribution is 2.29. The Kier molecular flexibility index (Phi) is 3.37. The Bertz CT molecular complexity index is 637. The fourth-order valence-electron chi connectivity index (χ4n) is 1.69. The predicted molar refractivity (Wildman–Crippen MR) is 67.0 cm³/mol. The summed E-state index contributed by atoms with van der Waals surface area (Å²) in [6.45, 7) is 0. The predicted octanol–water partition coefficient (Wildman–Crippen LogP) is 2.91. The zero-order chi connectivity index (χ0) is 14.0. The SMILES string of the molecule is COc1cc(C(=O)O)cc(-c2ccc(O)c(F)c2)c1. The molecule has 2 aromatic rings. The number of carboxylic acids is 1. The van der Waals surface area contributed by atoms with E-state index in [1.165, 1.54) is 31.4 Å². The number of carboxylic acid groups (broad SMARTS) is 1. The molecule has 0 aliphatic heterocycles. The summed E-state index contributed by atoms with van der Waals surface area (Å²) >= 11 is 0. The second-order valence-corrected chi connectivity index (χ2v) is 3.92. The number of ether oxygens (including phenoxy) is 1. The van der Waals surface area contributed by atoms with E-state index < -0.39 is 17.5 Å². The molecule has 0 atom stereocenters. The lowest BCUT2D eigenvalue weighted by atomic mass is 10.0. The van der Waals surface area contributed by atoms with Crippen LogP contribution in [0.1, 0.15) is 10.4 Å². The smallest absolute Gasteiger partial charge is 0.335 e. The van der Waals surface area contributed by atoms with Gasteiger partial charge >= 0.3 is 5.97 Å². The van der Waals surface area contributed by atoms with E-state index in [9.17, 15) is 9.18 Å². The molecule has 19 heavy (non-hydrogen) atoms. The molecule has 0 amide bonds. The molecule has 0 saturated carbocycles. The number of benzene rings is 2. The van der Waals surface area contributed by atoms with Crippen LogP contribution in [0.25, 0.3) is 11.1 Å². The third-order valence-electron chi connectivity index (χ3n) is 2.67. The molecule has 0 aromatic heterocycles. The number of halogens is 1. The Labute approximate surface area is 108 Å². The van der Waals surface area contributed by atoms with Gasteiger partial charge in [0.25, 0.3) is 0 Å². The van der Waals surface area contributed by atoms with Crippen LogP contribution in [0.5, 0.6) is 11.5 Å². The summed E-state index contributed by atoms with van der Waals surface area (Å²) in [6, 6.07) is 8.23. The molecule has 0 spiro atoms. The van der Waals surface area contributed by atoms with Crippen LogP contribution in [-0.2, 0) is 0 Å². The van der Waals surface area contributed by atoms with Gasteiger partial charge in [-0.25, -0.2) is 9.18 Å². The number of hydrogen-bond donors (Lipinski definition) is 2. The summed E-state index contributed by atoms with van der Waals surface area (Å²) in [5.41, 5.74) is 0.996. The van der Waals surface area contributed by atoms with Crippen molar-refractivity contribution in [2.75, 3.05) is 7.11 Å². The third kappa shape index (κ3) is 2.65. The van der Waals surface area contributed by atoms with Crippen molar-refractivity contribution in [3.8, 4) is 22.6 Å². The van der Waals surface area contributed by atoms with Crippen molar-refractivity contribution in [2.45, 2.75) is 0 Å². The average Bonchev–Trinajstić information content (AvgIpc) is 2.41. The molecular formula is C14H11FO4. The van der Waals surface area contributed by atoms with Crippen LogP contribution in [0, 0.1) is 5.82 Å². The van der Waals surface area contributed by atoms with Crippen molar-refractivity contribution < 1.29 is 24.1 Å². The summed E-state index contributed by atoms with van der Waals surface area (Å²) in [7, 11) is 1.42. The minimum atomic E-state index is -1.10. The van der Waals surface area contributed by atoms with Gasteiger partial charge in [0.1, 0.15) is 5.75 Å². The Morgan fingerprint density at radius 1 is 1.16 bits per heavy atom. The van der Waals surface area contributed by atoms with E-state index in [1.54, 1.807) is 6.07 Å². The van der Waals surface area contributed by atoms with E-state index in [0.717, 1.165) is 6.07 Å². The van der Waals surface area contributed by atoms with Crippen LogP contribution in [-0.4, -0.2) is 23.3 Å². The van der Waals surface area contributed by atoms with Gasteiger partial charge in [0.05, 0.1) is 12.7 Å². The maximum Gasteiger partial charge on any atom is 0.335 e. The van der Waals surface area contributed by atoms with Gasteiger partial charge < -0.3 is 14.9 Å². The van der Waals surface area contributed by atoms with Crippen molar-refractivity contribution in [3.63, 3.8) is 0 Å². The number of carbonyl (C=O) groups is 1. The quantitative estimate of drug-likeness (QED) is 0.892. The molecule has 2 rings (SSSR count). The zero-order valence-electron chi connectivity index (χ0n) is 10.1. The van der Waals surface area contributed by atoms with Crippen molar-refractivity contribution in [3.05, 3.63) is 47.8 Å². The fraction of sp³-hybridized carbons (Fsp3) is 0.0714. The summed E-state index contributed by atoms with van der Waals surface area (Å²) in [6.07, 6.45) is 0. The topological polar surface area (TPSA) is 66.8 Å². The number of rotatable bonds is 3. The summed E-state index contributed by atoms with van der Waals surface area (Å²) < 4.78 is 18.3. The minimum absolute atomic E-state index is 0.0443. The highest BCUT2D eigenvalue weighted by molar-refractivity contribution is 5.90. The fourth-order valence-corrected chi connectivity index (χ4v) is 1.69. The lowest BCUT2D eigenvalue weighted by Crippen LogP contribution is -1.98. The molecule has 0 unspecified atom stereocenters. The number of aromatic carboxylic acids is 1. The Morgan fingerprint density at radius 3 is 2.47 bits per heavy atom. The zero-order valence-corrected chi connectivity index (χ0v) is 10.1. The second kappa shape index (κ2) is 4.97. The number of aromatic hydroxyl groups is 1. The van der Waals surface area contributed by atoms with Crippen molar-refractivity contribution in [2.24, 2.45) is 0 Å². The van der Waals surface area contributed by atoms with E-state index in [-0.39, 0.29) is 5.56 Å². The first-order valence-electron chi connectivity index (χ1n) is 5.42. The van der Waals surface area contributed by atoms with E-state index in [4.69, 9.17) is 14.9 Å². The second-order valence-electron chi connectivity index (χ2n) is 3.92. The van der Waals surface area contributed by atoms with Gasteiger partial charge in [-0.05, 0) is 41.5 Å². The van der Waals surface area contributed by atoms with Gasteiger partial charge in [0.2, 0.25) is 0 Å². The van der Waals surface area contributed by atoms with Crippen LogP contribution >= 0.6 is 0 Å². The lowest BCUT2D eigenvalue weighted by Gasteiger charge is -2.08. The van der Waals surface area contributed by atoms with Gasteiger partial charge in [-0.3, -0.25) is 0 Å². The molecule has 98 valence electrons. The Balaban J connectivity index is 2.57. The maximum absolute atomic E-state index is 13.3. The molecular weight excluding hydrogens is 251 g/mol. The first-order valence-corrected chi connectivity index (χ1v) is 5.42. The van der Waals surface area contributed by atoms with E-state index in [0.29, 0.717) is 16.9 Å². The molecule has 0 radical (unpaired) electrons. The monoisotopic (exact) mass is 262 g/mol. The molecule has 0 bridgehead atoms.